The second-order valence-electron chi connectivity index (χ2n) is 7.42. The van der Waals surface area contributed by atoms with Gasteiger partial charge >= 0.3 is 0 Å². The third kappa shape index (κ3) is 8.76. The molecule has 1 nitrogen and oxygen atoms in total. The molecule has 0 N–H and O–H groups in total. The Balaban J connectivity index is 0. The fraction of sp³-hybridized carbons (Fsp3) is 0.650. The molecule has 0 saturated carbocycles. The summed E-state index contributed by atoms with van der Waals surface area (Å²) in [7, 11) is -1.22. The van der Waals surface area contributed by atoms with Crippen molar-refractivity contribution in [3.05, 3.63) is 37.3 Å². The van der Waals surface area contributed by atoms with Crippen molar-refractivity contribution in [2.45, 2.75) is 84.2 Å². The molecule has 0 aromatic heterocycles. The predicted molar refractivity (Wildman–Crippen MR) is 113 cm³/mol. The number of rotatable bonds is 8. The Labute approximate surface area is 167 Å². The van der Waals surface area contributed by atoms with Crippen molar-refractivity contribution in [3.63, 3.8) is 0 Å². The summed E-state index contributed by atoms with van der Waals surface area (Å²) in [6.45, 7) is 18.6. The third-order valence-corrected chi connectivity index (χ3v) is 10.6. The maximum Gasteiger partial charge on any atom is 0.179 e. The molecule has 0 saturated heterocycles. The van der Waals surface area contributed by atoms with Gasteiger partial charge in [-0.25, -0.2) is 0 Å². The molecule has 1 radical (unpaired) electrons. The molecule has 0 bridgehead atoms. The van der Waals surface area contributed by atoms with Gasteiger partial charge in [-0.1, -0.05) is 0 Å². The summed E-state index contributed by atoms with van der Waals surface area (Å²) < 4.78 is 6.34. The summed E-state index contributed by atoms with van der Waals surface area (Å²) in [5, 5.41) is 0. The Morgan fingerprint density at radius 3 is 1.79 bits per heavy atom. The van der Waals surface area contributed by atoms with Crippen molar-refractivity contribution in [1.82, 2.24) is 0 Å². The van der Waals surface area contributed by atoms with Gasteiger partial charge in [0, 0.05) is 28.0 Å². The van der Waals surface area contributed by atoms with Gasteiger partial charge in [-0.3, -0.25) is 0 Å². The predicted octanol–water partition coefficient (Wildman–Crippen LogP) is 6.79. The normalized spacial score (nSPS) is 11.4. The van der Waals surface area contributed by atoms with Crippen molar-refractivity contribution in [1.29, 1.82) is 0 Å². The van der Waals surface area contributed by atoms with Crippen LogP contribution in [0.15, 0.2) is 18.2 Å². The summed E-state index contributed by atoms with van der Waals surface area (Å²) in [5.74, 6) is 0.961. The van der Waals surface area contributed by atoms with Crippen molar-refractivity contribution in [2.24, 2.45) is 0 Å². The minimum atomic E-state index is -0.831. The Morgan fingerprint density at radius 1 is 0.875 bits per heavy atom. The third-order valence-electron chi connectivity index (χ3n) is 4.07. The Kier molecular flexibility index (Phi) is 14.3. The fourth-order valence-electron chi connectivity index (χ4n) is 2.98. The van der Waals surface area contributed by atoms with E-state index in [9.17, 15) is 0 Å². The van der Waals surface area contributed by atoms with E-state index >= 15 is 0 Å². The summed E-state index contributed by atoms with van der Waals surface area (Å²) in [6.07, 6.45) is 1.20. The Hall–Kier alpha value is 0.529. The molecule has 0 unspecified atom stereocenters. The van der Waals surface area contributed by atoms with Gasteiger partial charge in [-0.15, -0.1) is 17.7 Å². The molecule has 143 valence electrons. The molecule has 0 fully saturated rings. The minimum Gasteiger partial charge on any atom is -0.379 e. The Bertz CT molecular complexity index is 394. The first-order valence-electron chi connectivity index (χ1n) is 8.63. The molecular weight excluding hydrogens is 510 g/mol. The topological polar surface area (TPSA) is 9.23 Å². The Morgan fingerprint density at radius 2 is 1.38 bits per heavy atom. The zero-order chi connectivity index (χ0) is 16.9. The number of hydrogen-bond acceptors (Lipinski definition) is 1. The van der Waals surface area contributed by atoms with Crippen molar-refractivity contribution in [3.8, 4) is 5.75 Å². The number of hydrogen-bond donors (Lipinski definition) is 0. The van der Waals surface area contributed by atoms with Crippen LogP contribution in [0.4, 0.5) is 0 Å². The minimum absolute atomic E-state index is 0. The molecule has 24 heavy (non-hydrogen) atoms. The van der Waals surface area contributed by atoms with Crippen LogP contribution in [0.5, 0.6) is 5.75 Å². The molecule has 1 rings (SSSR count). The molecule has 0 heterocycles. The molecular formula is C20H38IrOP2. The monoisotopic (exact) mass is 549 g/mol. The van der Waals surface area contributed by atoms with E-state index in [0.717, 1.165) is 17.1 Å². The summed E-state index contributed by atoms with van der Waals surface area (Å²) in [6, 6.07) is 10.00. The second-order valence-corrected chi connectivity index (χ2v) is 14.5. The average molecular weight is 549 g/mol. The van der Waals surface area contributed by atoms with E-state index in [-0.39, 0.29) is 35.5 Å². The largest absolute Gasteiger partial charge is 0.379 e. The van der Waals surface area contributed by atoms with Crippen LogP contribution in [0.2, 0.25) is 0 Å². The first-order valence-corrected chi connectivity index (χ1v) is 12.1. The van der Waals surface area contributed by atoms with Crippen LogP contribution in [0.3, 0.4) is 0 Å². The molecule has 1 aromatic rings. The van der Waals surface area contributed by atoms with Crippen molar-refractivity contribution < 1.29 is 24.6 Å². The maximum atomic E-state index is 6.34. The molecule has 1 aromatic carbocycles. The van der Waals surface area contributed by atoms with Gasteiger partial charge in [0.2, 0.25) is 0 Å². The summed E-state index contributed by atoms with van der Waals surface area (Å²) >= 11 is 0. The van der Waals surface area contributed by atoms with Crippen LogP contribution in [0.1, 0.15) is 61.0 Å². The van der Waals surface area contributed by atoms with Gasteiger partial charge in [-0.05, 0) is 55.4 Å². The first-order chi connectivity index (χ1) is 10.2. The zero-order valence-corrected chi connectivity index (χ0v) is 21.4. The summed E-state index contributed by atoms with van der Waals surface area (Å²) in [4.78, 5) is 0. The van der Waals surface area contributed by atoms with Gasteiger partial charge in [0.05, 0.1) is 34.5 Å². The van der Waals surface area contributed by atoms with E-state index in [1.54, 1.807) is 0 Å². The molecule has 0 atom stereocenters. The van der Waals surface area contributed by atoms with Crippen LogP contribution < -0.4 is 4.52 Å². The molecule has 0 amide bonds. The van der Waals surface area contributed by atoms with Gasteiger partial charge in [0.1, 0.15) is 0 Å². The van der Waals surface area contributed by atoms with Crippen LogP contribution in [0, 0.1) is 13.5 Å². The quantitative estimate of drug-likeness (QED) is 0.257. The summed E-state index contributed by atoms with van der Waals surface area (Å²) in [5.41, 5.74) is 4.17. The second kappa shape index (κ2) is 12.8. The maximum absolute atomic E-state index is 6.34. The van der Waals surface area contributed by atoms with Crippen LogP contribution in [-0.2, 0) is 26.3 Å². The van der Waals surface area contributed by atoms with Crippen molar-refractivity contribution in [2.75, 3.05) is 0 Å². The number of benzene rings is 1. The first kappa shape index (κ1) is 26.8. The molecule has 0 aliphatic rings. The molecule has 4 heteroatoms. The van der Waals surface area contributed by atoms with E-state index in [1.165, 1.54) is 11.7 Å². The van der Waals surface area contributed by atoms with Gasteiger partial charge in [0.25, 0.3) is 0 Å². The zero-order valence-electron chi connectivity index (χ0n) is 17.0. The van der Waals surface area contributed by atoms with Crippen molar-refractivity contribution >= 4 is 16.1 Å². The smallest absolute Gasteiger partial charge is 0.179 e. The van der Waals surface area contributed by atoms with Gasteiger partial charge in [-0.2, -0.15) is 12.1 Å². The van der Waals surface area contributed by atoms with E-state index < -0.39 is 8.15 Å². The average Bonchev–Trinajstić information content (AvgIpc) is 2.41. The fourth-order valence-corrected chi connectivity index (χ4v) is 7.95. The standard InChI is InChI=1S/C19H33OP2.CH3.Ir/c1-14(2)21(15(3)4)13-18-10-9-11-19(12-18)20-22(16(5)6)17(7)8;;/h9-11,14-17H,13H2,1-8H3;1H3;/q2*-1;/p+2. The van der Waals surface area contributed by atoms with Crippen LogP contribution in [-0.4, -0.2) is 22.6 Å². The van der Waals surface area contributed by atoms with Crippen LogP contribution in [0.25, 0.3) is 0 Å². The van der Waals surface area contributed by atoms with E-state index in [0.29, 0.717) is 11.3 Å². The van der Waals surface area contributed by atoms with Gasteiger partial charge < -0.3 is 12.0 Å². The molecule has 0 aliphatic carbocycles. The van der Waals surface area contributed by atoms with Gasteiger partial charge in [0.15, 0.2) is 8.15 Å². The van der Waals surface area contributed by atoms with E-state index in [1.807, 2.05) is 0 Å². The SMILES string of the molecule is CC(C)[PH+](Cc1[c-]c(O[PH+](C(C)C)C(C)C)ccc1)C(C)C.[CH3-].[Ir]. The van der Waals surface area contributed by atoms with E-state index in [4.69, 9.17) is 4.52 Å². The molecule has 0 aliphatic heterocycles. The van der Waals surface area contributed by atoms with E-state index in [2.05, 4.69) is 79.7 Å². The van der Waals surface area contributed by atoms with Crippen LogP contribution >= 0.6 is 16.1 Å². The molecule has 0 spiro atoms.